The second-order valence-electron chi connectivity index (χ2n) is 35.1. The molecule has 5 amide bonds. The maximum Gasteiger partial charge on any atom is 0.414 e. The molecule has 10 heterocycles. The number of hydrogen-bond acceptors (Lipinski definition) is 21. The first kappa shape index (κ1) is 106. The maximum absolute atomic E-state index is 14.0. The highest BCUT2D eigenvalue weighted by Gasteiger charge is 2.47. The topological polar surface area (TPSA) is 355 Å². The molecule has 5 saturated heterocycles. The van der Waals surface area contributed by atoms with Gasteiger partial charge in [-0.25, -0.2) is 106 Å². The second kappa shape index (κ2) is 43.7. The monoisotopic (exact) mass is 2170 g/mol. The van der Waals surface area contributed by atoms with Gasteiger partial charge in [0.2, 0.25) is 50.1 Å². The number of aryl methyl sites for hydroxylation is 2. The fraction of sp³-hybridized carbons (Fsp3) is 0.330. The van der Waals surface area contributed by atoms with E-state index in [1.807, 2.05) is 98.8 Å². The predicted octanol–water partition coefficient (Wildman–Crippen LogP) is 18.5. The van der Waals surface area contributed by atoms with E-state index in [0.717, 1.165) is 134 Å². The number of para-hydroxylation sites is 3. The minimum absolute atomic E-state index is 0.00356. The molecule has 145 heavy (non-hydrogen) atoms. The Hall–Kier alpha value is -11.9. The molecule has 20 rings (SSSR count). The first-order valence-corrected chi connectivity index (χ1v) is 53.9. The SMILES string of the molecule is Cc1ccc2c(c1)COC(=O)N2C1CCN(S(=O)(=O)c2cc(F)c(F)cc2F)CC1.Cc1cccc2c1N(C1CCN(S(=O)(=O)c3c(F)cccc3F)CC1)C(=O)OC2.O=C1OCc2cc(Cl)ccc2N1C1CCN(S(=O)(=O)c2c(F)cccc2F)CC1.O=C1OCc2ccccc2N1C1CCN(S(=O)(=O)c2c(F)cccc2F)CC1.O=C1OCc2ccccc2N1C1CCN(S(=O)(=O)c2cc(Cl)cc(Cl)c2O)CC1. The smallest absolute Gasteiger partial charge is 0.414 e. The molecule has 5 fully saturated rings. The van der Waals surface area contributed by atoms with Crippen LogP contribution in [0.2, 0.25) is 15.1 Å². The summed E-state index contributed by atoms with van der Waals surface area (Å²) < 4.78 is 284. The quantitative estimate of drug-likeness (QED) is 0.0566. The van der Waals surface area contributed by atoms with Gasteiger partial charge in [0.25, 0.3) is 0 Å². The highest BCUT2D eigenvalue weighted by atomic mass is 35.5. The third kappa shape index (κ3) is 22.0. The molecule has 10 aliphatic heterocycles. The molecule has 0 aromatic heterocycles. The lowest BCUT2D eigenvalue weighted by molar-refractivity contribution is 0.135. The normalized spacial score (nSPS) is 18.4. The largest absolute Gasteiger partial charge is 0.505 e. The molecule has 48 heteroatoms. The molecule has 0 bridgehead atoms. The van der Waals surface area contributed by atoms with Crippen LogP contribution in [0.4, 0.5) is 91.9 Å². The van der Waals surface area contributed by atoms with Gasteiger partial charge < -0.3 is 28.8 Å². The molecule has 0 saturated carbocycles. The van der Waals surface area contributed by atoms with Crippen molar-refractivity contribution >= 4 is 144 Å². The molecule has 1 N–H and O–H groups in total. The Morgan fingerprint density at radius 2 is 0.579 bits per heavy atom. The molecule has 10 aliphatic rings. The van der Waals surface area contributed by atoms with E-state index in [-0.39, 0.29) is 163 Å². The van der Waals surface area contributed by atoms with Crippen LogP contribution in [-0.4, -0.2) is 195 Å². The summed E-state index contributed by atoms with van der Waals surface area (Å²) >= 11 is 17.8. The number of rotatable bonds is 15. The standard InChI is InChI=1S/C20H19F3N2O4S.C20H20F2N2O4S.C19H18Cl2N2O5S.C19H17ClF2N2O4S.C19H18F2N2O4S/c1-12-2-3-18-13(8-12)11-29-20(26)25(18)14-4-6-24(7-5-14)30(27,28)19-10-16(22)15(21)9-17(19)23;1-13-4-2-5-14-12-28-20(25)24(18(13)14)15-8-10-23(11-9-15)29(26,27)19-16(21)6-3-7-17(19)22;20-13-9-15(21)18(24)17(10-13)29(26,27)22-7-5-14(6-8-22)23-16-4-2-1-3-12(16)11-28-19(23)25;20-13-4-5-17-12(10-13)11-28-19(25)24(17)14-6-8-23(9-7-14)29(26,27)18-15(21)2-1-3-16(18)22;20-15-5-3-6-16(21)18(15)28(25,26)22-10-8-14(9-11-22)23-17-7-2-1-4-13(17)12-27-19(23)24/h2-3,8-10,14H,4-7,11H2,1H3;2-7,15H,8-12H2,1H3;1-4,9-10,14,24H,5-8,11H2;1-5,10,14H,6-9,11H2;1-7,14H,8-12H2. The van der Waals surface area contributed by atoms with Gasteiger partial charge in [-0.05, 0) is 175 Å². The van der Waals surface area contributed by atoms with Crippen LogP contribution in [0.3, 0.4) is 0 Å². The highest BCUT2D eigenvalue weighted by Crippen LogP contribution is 2.44. The number of phenolic OH excluding ortho intramolecular Hbond substituents is 1. The fourth-order valence-electron chi connectivity index (χ4n) is 19.1. The third-order valence-corrected chi connectivity index (χ3v) is 36.7. The van der Waals surface area contributed by atoms with Crippen molar-refractivity contribution in [3.8, 4) is 5.75 Å². The number of phenols is 1. The van der Waals surface area contributed by atoms with Crippen molar-refractivity contribution in [3.63, 3.8) is 0 Å². The van der Waals surface area contributed by atoms with Crippen molar-refractivity contribution in [2.24, 2.45) is 0 Å². The Labute approximate surface area is 843 Å². The third-order valence-electron chi connectivity index (χ3n) is 26.3. The molecular weight excluding hydrogens is 2080 g/mol. The number of halogens is 12. The number of anilines is 5. The van der Waals surface area contributed by atoms with Crippen LogP contribution in [0, 0.1) is 66.2 Å². The van der Waals surface area contributed by atoms with Gasteiger partial charge in [0.15, 0.2) is 32.1 Å². The van der Waals surface area contributed by atoms with Crippen LogP contribution in [0.15, 0.2) is 206 Å². The van der Waals surface area contributed by atoms with E-state index in [1.165, 1.54) is 26.2 Å². The van der Waals surface area contributed by atoms with E-state index >= 15 is 0 Å². The Bertz CT molecular complexity index is 7270. The van der Waals surface area contributed by atoms with Gasteiger partial charge in [0.05, 0.1) is 33.5 Å². The summed E-state index contributed by atoms with van der Waals surface area (Å²) in [7, 11) is -21.3. The van der Waals surface area contributed by atoms with Crippen LogP contribution in [0.5, 0.6) is 5.75 Å². The number of nitrogens with zero attached hydrogens (tertiary/aromatic N) is 10. The average Bonchev–Trinajstić information content (AvgIpc) is 0.732. The molecule has 0 unspecified atom stereocenters. The average molecular weight is 2170 g/mol. The van der Waals surface area contributed by atoms with Crippen molar-refractivity contribution < 1.29 is 134 Å². The second-order valence-corrected chi connectivity index (χ2v) is 45.8. The number of carbonyl (C=O) groups excluding carboxylic acids is 5. The number of hydrogen-bond donors (Lipinski definition) is 1. The van der Waals surface area contributed by atoms with E-state index in [2.05, 4.69) is 0 Å². The number of amides is 5. The molecule has 31 nitrogen and oxygen atoms in total. The van der Waals surface area contributed by atoms with Gasteiger partial charge in [0.1, 0.15) is 83.5 Å². The van der Waals surface area contributed by atoms with Crippen molar-refractivity contribution in [3.05, 3.63) is 288 Å². The van der Waals surface area contributed by atoms with Gasteiger partial charge >= 0.3 is 30.5 Å². The van der Waals surface area contributed by atoms with E-state index in [0.29, 0.717) is 68.1 Å². The molecule has 0 radical (unpaired) electrons. The van der Waals surface area contributed by atoms with Gasteiger partial charge in [-0.2, -0.15) is 21.5 Å². The van der Waals surface area contributed by atoms with Crippen LogP contribution in [0.25, 0.3) is 0 Å². The summed E-state index contributed by atoms with van der Waals surface area (Å²) in [6.45, 7) is 5.35. The first-order valence-electron chi connectivity index (χ1n) is 45.5. The van der Waals surface area contributed by atoms with Gasteiger partial charge in [-0.3, -0.25) is 24.5 Å². The van der Waals surface area contributed by atoms with Crippen LogP contribution >= 0.6 is 34.8 Å². The zero-order valence-electron chi connectivity index (χ0n) is 77.0. The zero-order chi connectivity index (χ0) is 104. The molecule has 770 valence electrons. The number of fused-ring (bicyclic) bond motifs is 5. The Balaban J connectivity index is 0.000000130. The van der Waals surface area contributed by atoms with Gasteiger partial charge in [-0.1, -0.05) is 125 Å². The fourth-order valence-corrected chi connectivity index (χ4v) is 27.8. The van der Waals surface area contributed by atoms with Gasteiger partial charge in [0, 0.05) is 140 Å². The lowest BCUT2D eigenvalue weighted by atomic mass is 10.00. The lowest BCUT2D eigenvalue weighted by Crippen LogP contribution is -2.50. The van der Waals surface area contributed by atoms with Gasteiger partial charge in [-0.15, -0.1) is 0 Å². The van der Waals surface area contributed by atoms with Crippen molar-refractivity contribution in [1.29, 1.82) is 0 Å². The summed E-state index contributed by atoms with van der Waals surface area (Å²) in [5.41, 5.74) is 10.0. The van der Waals surface area contributed by atoms with Crippen LogP contribution in [-0.2, 0) is 107 Å². The van der Waals surface area contributed by atoms with Crippen molar-refractivity contribution in [1.82, 2.24) is 21.5 Å². The minimum Gasteiger partial charge on any atom is -0.505 e. The molecule has 0 atom stereocenters. The summed E-state index contributed by atoms with van der Waals surface area (Å²) in [5, 5.41) is 10.6. The summed E-state index contributed by atoms with van der Waals surface area (Å²) in [5.74, 6) is -11.5. The van der Waals surface area contributed by atoms with E-state index in [9.17, 15) is 111 Å². The number of carbonyl (C=O) groups is 5. The number of aromatic hydroxyl groups is 1. The number of sulfonamides is 5. The molecule has 10 aromatic carbocycles. The number of piperidine rings is 5. The van der Waals surface area contributed by atoms with E-state index in [4.69, 9.17) is 58.5 Å². The predicted molar refractivity (Wildman–Crippen MR) is 512 cm³/mol. The molecule has 10 aromatic rings. The minimum atomic E-state index is -4.35. The summed E-state index contributed by atoms with van der Waals surface area (Å²) in [6.07, 6.45) is 0.973. The Kier molecular flexibility index (Phi) is 31.9. The van der Waals surface area contributed by atoms with Crippen LogP contribution in [0.1, 0.15) is 103 Å². The first-order chi connectivity index (χ1) is 68.9. The summed E-state index contributed by atoms with van der Waals surface area (Å²) in [6, 6.07) is 41.9. The van der Waals surface area contributed by atoms with E-state index < -0.39 is 158 Å². The maximum atomic E-state index is 14.0. The molecule has 0 aliphatic carbocycles. The number of cyclic esters (lactones) is 5. The highest BCUT2D eigenvalue weighted by molar-refractivity contribution is 7.90. The Morgan fingerprint density at radius 3 is 0.966 bits per heavy atom. The lowest BCUT2D eigenvalue weighted by Gasteiger charge is -2.40. The zero-order valence-corrected chi connectivity index (χ0v) is 83.4. The van der Waals surface area contributed by atoms with E-state index in [1.54, 1.807) is 32.9 Å². The van der Waals surface area contributed by atoms with Crippen molar-refractivity contribution in [2.45, 2.75) is 166 Å². The molecule has 0 spiro atoms. The Morgan fingerprint density at radius 1 is 0.283 bits per heavy atom. The van der Waals surface area contributed by atoms with Crippen molar-refractivity contribution in [2.75, 3.05) is 89.9 Å². The number of ether oxygens (including phenoxy) is 5. The number of benzene rings is 10. The molecular formula is C97H92Cl3F9N10O21S5. The summed E-state index contributed by atoms with van der Waals surface area (Å²) in [4.78, 5) is 65.7. The van der Waals surface area contributed by atoms with Crippen LogP contribution < -0.4 is 24.5 Å².